The van der Waals surface area contributed by atoms with Crippen molar-refractivity contribution >= 4 is 46.4 Å². The van der Waals surface area contributed by atoms with Gasteiger partial charge >= 0.3 is 0 Å². The standard InChI is InChI=1S/2C16H20Cl2N4O/c1-12-10-16(23-9-8-21-6-4-19-5-7-21)20-22(12)13-2-3-14(17)15(18)11-13;1-11-8-16(23-7-6-21-5-4-12(19)10-21)20-22(11)13-2-3-14(17)15(18)9-13/h2-3,10-11,19H,4-9H2,1H3;2-3,8-9,12H,4-7,10,19H2,1H3. The first-order valence-electron chi connectivity index (χ1n) is 15.4. The van der Waals surface area contributed by atoms with Crippen LogP contribution in [0.15, 0.2) is 48.5 Å². The van der Waals surface area contributed by atoms with E-state index in [4.69, 9.17) is 61.6 Å². The van der Waals surface area contributed by atoms with Crippen LogP contribution in [-0.2, 0) is 0 Å². The lowest BCUT2D eigenvalue weighted by Gasteiger charge is -2.26. The van der Waals surface area contributed by atoms with Crippen molar-refractivity contribution in [2.45, 2.75) is 26.3 Å². The topological polar surface area (TPSA) is 98.6 Å². The molecule has 0 spiro atoms. The number of nitrogens with two attached hydrogens (primary N) is 1. The average Bonchev–Trinajstić information content (AvgIpc) is 3.74. The van der Waals surface area contributed by atoms with Crippen LogP contribution in [0.3, 0.4) is 0 Å². The van der Waals surface area contributed by atoms with E-state index in [0.29, 0.717) is 51.1 Å². The van der Waals surface area contributed by atoms with Gasteiger partial charge in [-0.3, -0.25) is 9.80 Å². The van der Waals surface area contributed by atoms with Gasteiger partial charge in [0.25, 0.3) is 0 Å². The van der Waals surface area contributed by atoms with E-state index in [0.717, 1.165) is 81.5 Å². The fourth-order valence-electron chi connectivity index (χ4n) is 5.35. The minimum absolute atomic E-state index is 0.297. The highest BCUT2D eigenvalue weighted by Gasteiger charge is 2.19. The van der Waals surface area contributed by atoms with Crippen LogP contribution in [0.2, 0.25) is 20.1 Å². The van der Waals surface area contributed by atoms with Crippen LogP contribution in [-0.4, -0.2) is 101 Å². The molecule has 4 aromatic rings. The predicted octanol–water partition coefficient (Wildman–Crippen LogP) is 5.67. The maximum absolute atomic E-state index is 6.08. The van der Waals surface area contributed by atoms with Crippen molar-refractivity contribution in [3.05, 3.63) is 80.0 Å². The lowest BCUT2D eigenvalue weighted by atomic mass is 10.3. The van der Waals surface area contributed by atoms with Crippen molar-refractivity contribution in [2.75, 3.05) is 65.6 Å². The molecule has 248 valence electrons. The number of piperazine rings is 1. The fourth-order valence-corrected chi connectivity index (χ4v) is 5.93. The lowest BCUT2D eigenvalue weighted by Crippen LogP contribution is -2.44. The molecule has 2 aliphatic heterocycles. The summed E-state index contributed by atoms with van der Waals surface area (Å²) in [6.07, 6.45) is 1.06. The molecule has 0 aliphatic carbocycles. The van der Waals surface area contributed by atoms with E-state index in [-0.39, 0.29) is 0 Å². The normalized spacial score (nSPS) is 17.2. The van der Waals surface area contributed by atoms with Crippen LogP contribution in [0.25, 0.3) is 11.4 Å². The minimum atomic E-state index is 0.297. The molecule has 14 heteroatoms. The molecule has 10 nitrogen and oxygen atoms in total. The summed E-state index contributed by atoms with van der Waals surface area (Å²) in [5.74, 6) is 1.24. The molecular weight excluding hydrogens is 670 g/mol. The second-order valence-electron chi connectivity index (χ2n) is 11.4. The number of ether oxygens (including phenoxy) is 2. The van der Waals surface area contributed by atoms with E-state index in [1.807, 2.05) is 42.8 Å². The zero-order valence-corrected chi connectivity index (χ0v) is 29.1. The van der Waals surface area contributed by atoms with Gasteiger partial charge in [-0.05, 0) is 63.2 Å². The van der Waals surface area contributed by atoms with Crippen LogP contribution in [0.5, 0.6) is 11.8 Å². The molecule has 2 aliphatic rings. The summed E-state index contributed by atoms with van der Waals surface area (Å²) in [5.41, 5.74) is 9.59. The van der Waals surface area contributed by atoms with Gasteiger partial charge in [-0.15, -0.1) is 10.2 Å². The maximum atomic E-state index is 6.08. The smallest absolute Gasteiger partial charge is 0.233 e. The van der Waals surface area contributed by atoms with Crippen molar-refractivity contribution in [3.63, 3.8) is 0 Å². The first-order chi connectivity index (χ1) is 22.2. The molecule has 0 saturated carbocycles. The Labute approximate surface area is 290 Å². The molecule has 6 rings (SSSR count). The van der Waals surface area contributed by atoms with E-state index in [1.54, 1.807) is 28.9 Å². The SMILES string of the molecule is Cc1cc(OCCN2CCC(N)C2)nn1-c1ccc(Cl)c(Cl)c1.Cc1cc(OCCN2CCNCC2)nn1-c1ccc(Cl)c(Cl)c1. The number of aryl methyl sites for hydroxylation is 2. The molecular formula is C32H40Cl4N8O2. The number of halogens is 4. The highest BCUT2D eigenvalue weighted by atomic mass is 35.5. The van der Waals surface area contributed by atoms with Gasteiger partial charge in [0.15, 0.2) is 0 Å². The van der Waals surface area contributed by atoms with Crippen LogP contribution in [0, 0.1) is 13.8 Å². The van der Waals surface area contributed by atoms with Crippen molar-refractivity contribution in [1.82, 2.24) is 34.7 Å². The van der Waals surface area contributed by atoms with Crippen molar-refractivity contribution in [3.8, 4) is 23.1 Å². The molecule has 2 fully saturated rings. The summed E-state index contributed by atoms with van der Waals surface area (Å²) < 4.78 is 15.2. The quantitative estimate of drug-likeness (QED) is 0.218. The highest BCUT2D eigenvalue weighted by molar-refractivity contribution is 6.42. The molecule has 4 heterocycles. The van der Waals surface area contributed by atoms with E-state index >= 15 is 0 Å². The first-order valence-corrected chi connectivity index (χ1v) is 16.9. The van der Waals surface area contributed by atoms with E-state index in [1.165, 1.54) is 0 Å². The Morgan fingerprint density at radius 1 is 0.717 bits per heavy atom. The number of aromatic nitrogens is 4. The second kappa shape index (κ2) is 16.5. The molecule has 0 bridgehead atoms. The third kappa shape index (κ3) is 9.51. The summed E-state index contributed by atoms with van der Waals surface area (Å²) in [4.78, 5) is 4.70. The molecule has 0 amide bonds. The molecule has 2 aromatic carbocycles. The monoisotopic (exact) mass is 708 g/mol. The zero-order valence-electron chi connectivity index (χ0n) is 26.1. The van der Waals surface area contributed by atoms with Gasteiger partial charge in [-0.1, -0.05) is 46.4 Å². The van der Waals surface area contributed by atoms with E-state index in [2.05, 4.69) is 25.3 Å². The summed E-state index contributed by atoms with van der Waals surface area (Å²) in [6.45, 7) is 13.2. The number of likely N-dealkylation sites (tertiary alicyclic amines) is 1. The van der Waals surface area contributed by atoms with Gasteiger partial charge in [0.05, 0.1) is 31.5 Å². The Hall–Kier alpha value is -2.54. The third-order valence-electron chi connectivity index (χ3n) is 7.86. The molecule has 1 atom stereocenters. The summed E-state index contributed by atoms with van der Waals surface area (Å²) in [5, 5.41) is 14.4. The Balaban J connectivity index is 0.000000181. The van der Waals surface area contributed by atoms with Gasteiger partial charge in [-0.25, -0.2) is 9.36 Å². The van der Waals surface area contributed by atoms with Crippen molar-refractivity contribution < 1.29 is 9.47 Å². The molecule has 2 aromatic heterocycles. The third-order valence-corrected chi connectivity index (χ3v) is 9.34. The Morgan fingerprint density at radius 3 is 1.67 bits per heavy atom. The summed E-state index contributed by atoms with van der Waals surface area (Å²) in [6, 6.07) is 15.0. The van der Waals surface area contributed by atoms with Gasteiger partial charge in [0, 0.05) is 75.4 Å². The summed E-state index contributed by atoms with van der Waals surface area (Å²) in [7, 11) is 0. The number of rotatable bonds is 10. The number of hydrogen-bond donors (Lipinski definition) is 2. The Morgan fingerprint density at radius 2 is 1.22 bits per heavy atom. The van der Waals surface area contributed by atoms with Crippen LogP contribution in [0.4, 0.5) is 0 Å². The number of hydrogen-bond acceptors (Lipinski definition) is 8. The van der Waals surface area contributed by atoms with Gasteiger partial charge in [-0.2, -0.15) is 0 Å². The highest BCUT2D eigenvalue weighted by Crippen LogP contribution is 2.27. The lowest BCUT2D eigenvalue weighted by molar-refractivity contribution is 0.188. The van der Waals surface area contributed by atoms with Crippen molar-refractivity contribution in [2.24, 2.45) is 5.73 Å². The first kappa shape index (κ1) is 34.8. The second-order valence-corrected chi connectivity index (χ2v) is 13.0. The molecule has 3 N–H and O–H groups in total. The van der Waals surface area contributed by atoms with Crippen molar-refractivity contribution in [1.29, 1.82) is 0 Å². The van der Waals surface area contributed by atoms with Crippen LogP contribution >= 0.6 is 46.4 Å². The average molecular weight is 711 g/mol. The van der Waals surface area contributed by atoms with E-state index < -0.39 is 0 Å². The van der Waals surface area contributed by atoms with Gasteiger partial charge in [0.1, 0.15) is 13.2 Å². The molecule has 0 radical (unpaired) electrons. The van der Waals surface area contributed by atoms with Gasteiger partial charge in [0.2, 0.25) is 11.8 Å². The van der Waals surface area contributed by atoms with Gasteiger partial charge < -0.3 is 20.5 Å². The predicted molar refractivity (Wildman–Crippen MR) is 186 cm³/mol. The maximum Gasteiger partial charge on any atom is 0.233 e. The fraction of sp³-hybridized carbons (Fsp3) is 0.438. The minimum Gasteiger partial charge on any atom is -0.475 e. The van der Waals surface area contributed by atoms with E-state index in [9.17, 15) is 0 Å². The number of benzene rings is 2. The molecule has 1 unspecified atom stereocenters. The van der Waals surface area contributed by atoms with Crippen LogP contribution < -0.4 is 20.5 Å². The Kier molecular flexibility index (Phi) is 12.5. The number of nitrogens with zero attached hydrogens (tertiary/aromatic N) is 6. The molecule has 46 heavy (non-hydrogen) atoms. The Bertz CT molecular complexity index is 1490. The molecule has 2 saturated heterocycles. The van der Waals surface area contributed by atoms with Crippen LogP contribution in [0.1, 0.15) is 17.8 Å². The summed E-state index contributed by atoms with van der Waals surface area (Å²) >= 11 is 24.1. The largest absolute Gasteiger partial charge is 0.475 e. The zero-order chi connectivity index (χ0) is 32.6. The number of nitrogens with one attached hydrogen (secondary N) is 1.